The van der Waals surface area contributed by atoms with E-state index in [9.17, 15) is 4.79 Å². The van der Waals surface area contributed by atoms with Crippen LogP contribution in [0.25, 0.3) is 0 Å². The minimum Gasteiger partial charge on any atom is -0.466 e. The van der Waals surface area contributed by atoms with Crippen molar-refractivity contribution in [2.24, 2.45) is 5.92 Å². The van der Waals surface area contributed by atoms with Gasteiger partial charge in [-0.05, 0) is 39.0 Å². The molecule has 0 unspecified atom stereocenters. The van der Waals surface area contributed by atoms with Gasteiger partial charge in [-0.2, -0.15) is 0 Å². The van der Waals surface area contributed by atoms with Crippen molar-refractivity contribution < 1.29 is 156 Å². The van der Waals surface area contributed by atoms with Crippen LogP contribution in [0.15, 0.2) is 0 Å². The lowest BCUT2D eigenvalue weighted by Crippen LogP contribution is -2.32. The van der Waals surface area contributed by atoms with Crippen molar-refractivity contribution in [3.8, 4) is 0 Å². The normalized spacial score (nSPS) is 15.4. The summed E-state index contributed by atoms with van der Waals surface area (Å²) in [6, 6.07) is 0.405. The summed E-state index contributed by atoms with van der Waals surface area (Å²) in [7, 11) is 1.76. The van der Waals surface area contributed by atoms with Crippen molar-refractivity contribution >= 4 is 5.97 Å². The molecule has 5 nitrogen and oxygen atoms in total. The zero-order valence-electron chi connectivity index (χ0n) is 23.9. The number of hydrogen-bond donors (Lipinski definition) is 1. The van der Waals surface area contributed by atoms with Gasteiger partial charge in [0.25, 0.3) is 0 Å². The van der Waals surface area contributed by atoms with Crippen LogP contribution in [0.5, 0.6) is 0 Å². The van der Waals surface area contributed by atoms with E-state index in [-0.39, 0.29) is 11.9 Å². The third-order valence-electron chi connectivity index (χ3n) is 4.34. The average molecular weight is 855 g/mol. The predicted octanol–water partition coefficient (Wildman–Crippen LogP) is 14.1. The number of methoxy groups -OCH3 is 1. The second kappa shape index (κ2) is 161. The van der Waals surface area contributed by atoms with Gasteiger partial charge in [0.05, 0.1) is 31.3 Å². The molecule has 1 saturated heterocycles. The topological polar surface area (TPSA) is 56.8 Å². The van der Waals surface area contributed by atoms with Gasteiger partial charge in [-0.1, -0.05) is 0 Å². The number of carbonyl (C=O) groups excluding carboxylic acids is 1. The second-order valence-corrected chi connectivity index (χ2v) is 5.76. The van der Waals surface area contributed by atoms with Crippen molar-refractivity contribution in [3.05, 3.63) is 0 Å². The van der Waals surface area contributed by atoms with Gasteiger partial charge in [-0.3, -0.25) is 4.79 Å². The summed E-state index contributed by atoms with van der Waals surface area (Å²) in [6.45, 7) is 3.99. The molecule has 2 aliphatic rings. The number of rotatable bonds is 6. The van der Waals surface area contributed by atoms with E-state index in [1.165, 1.54) is 0 Å². The van der Waals surface area contributed by atoms with E-state index in [2.05, 4.69) is 5.32 Å². The van der Waals surface area contributed by atoms with Crippen LogP contribution in [0.1, 0.15) is 39.0 Å². The molecule has 2 fully saturated rings. The first-order valence-corrected chi connectivity index (χ1v) is 9.91. The minimum absolute atomic E-state index is 0.0358. The highest BCUT2D eigenvalue weighted by molar-refractivity contribution is 5.72. The molecule has 0 aromatic heterocycles. The van der Waals surface area contributed by atoms with E-state index < -0.39 is 0 Å². The van der Waals surface area contributed by atoms with Crippen LogP contribution in [-0.4, -0.2) is 51.1 Å². The van der Waals surface area contributed by atoms with Crippen LogP contribution in [0, 0.1) is 5.92 Å². The maximum atomic E-state index is 11.7. The van der Waals surface area contributed by atoms with Crippen LogP contribution in [0.2, 0.25) is 0 Å². The van der Waals surface area contributed by atoms with E-state index in [1.54, 1.807) is 7.11 Å². The van der Waals surface area contributed by atoms with E-state index in [1.807, 2.05) is 6.92 Å². The van der Waals surface area contributed by atoms with Gasteiger partial charge >= 0.3 is 5.97 Å². The zero-order chi connectivity index (χ0) is 44.4. The van der Waals surface area contributed by atoms with Gasteiger partial charge in [-0.15, -0.1) is 0 Å². The number of carbonyl (C=O) groups is 1. The molecule has 1 saturated carbocycles. The molecule has 0 spiro atoms. The molecular weight excluding hydrogens is 828 g/mol. The number of halogens is 30. The highest BCUT2D eigenvalue weighted by Crippen LogP contribution is 2.27. The van der Waals surface area contributed by atoms with E-state index in [0.29, 0.717) is 24.9 Å². The lowest BCUT2D eigenvalue weighted by atomic mass is 9.87. The highest BCUT2D eigenvalue weighted by Gasteiger charge is 2.29. The Labute approximate surface area is 259 Å². The highest BCUT2D eigenvalue weighted by atomic mass is 20.0. The first-order valence-electron chi connectivity index (χ1n) is 9.91. The quantitative estimate of drug-likeness (QED) is 0.213. The standard InChI is InChI=1S/C15H27NO4.15F2/c1-3-19-15(17)11-4-6-13(7-5-11)20-10-12-8-14(18-2)9-16-12;15*1-2/h11-14,16H,3-10H2,1-2H3;;;;;;;;;;;;;;;/t11?,12-,13?,14-;;;;;;;;;;;;;;;/m0.............../s1. The van der Waals surface area contributed by atoms with Crippen molar-refractivity contribution in [3.63, 3.8) is 0 Å². The number of hydrogen-bond acceptors (Lipinski definition) is 5. The Morgan fingerprint density at radius 1 is 0.520 bits per heavy atom. The van der Waals surface area contributed by atoms with Gasteiger partial charge in [0.1, 0.15) is 0 Å². The van der Waals surface area contributed by atoms with Gasteiger partial charge in [0.2, 0.25) is 0 Å². The summed E-state index contributed by atoms with van der Waals surface area (Å²) in [6.07, 6.45) is 5.35. The van der Waals surface area contributed by atoms with Crippen LogP contribution < -0.4 is 5.32 Å². The SMILES string of the molecule is CCOC(=O)C1CCC(OC[C@@H]2C[C@H](OC)CN2)CC1.FF.FF.FF.FF.FF.FF.FF.FF.FF.FF.FF.FF.FF.FF.FF. The van der Waals surface area contributed by atoms with Crippen molar-refractivity contribution in [1.29, 1.82) is 0 Å². The van der Waals surface area contributed by atoms with Crippen LogP contribution in [-0.2, 0) is 19.0 Å². The number of nitrogens with one attached hydrogen (secondary N) is 1. The summed E-state index contributed by atoms with van der Waals surface area (Å²) in [5.74, 6) is 0.0450. The molecule has 0 aromatic carbocycles. The zero-order valence-corrected chi connectivity index (χ0v) is 23.9. The molecule has 1 aliphatic heterocycles. The molecule has 0 bridgehead atoms. The Hall–Kier alpha value is -2.75. The molecule has 2 rings (SSSR count). The summed E-state index contributed by atoms with van der Waals surface area (Å²) >= 11 is 0. The fraction of sp³-hybridized carbons (Fsp3) is 0.933. The first-order chi connectivity index (χ1) is 24.7. The van der Waals surface area contributed by atoms with Crippen molar-refractivity contribution in [1.82, 2.24) is 5.32 Å². The molecule has 0 radical (unpaired) electrons. The van der Waals surface area contributed by atoms with E-state index in [4.69, 9.17) is 151 Å². The molecule has 0 amide bonds. The fourth-order valence-electron chi connectivity index (χ4n) is 3.07. The monoisotopic (exact) mass is 855 g/mol. The lowest BCUT2D eigenvalue weighted by Gasteiger charge is -2.28. The van der Waals surface area contributed by atoms with Gasteiger partial charge in [-0.25, -0.2) is 0 Å². The smallest absolute Gasteiger partial charge is 0.308 e. The minimum atomic E-state index is -0.0358. The Morgan fingerprint density at radius 3 is 1.06 bits per heavy atom. The molecule has 50 heavy (non-hydrogen) atoms. The molecule has 0 aromatic rings. The maximum Gasteiger partial charge on any atom is 0.308 e. The van der Waals surface area contributed by atoms with Gasteiger partial charge < -0.3 is 19.5 Å². The second-order valence-electron chi connectivity index (χ2n) is 5.76. The molecule has 1 aliphatic carbocycles. The lowest BCUT2D eigenvalue weighted by molar-refractivity contribution is -0.150. The van der Waals surface area contributed by atoms with Crippen molar-refractivity contribution in [2.75, 3.05) is 26.9 Å². The summed E-state index contributed by atoms with van der Waals surface area (Å²) in [5, 5.41) is 3.42. The van der Waals surface area contributed by atoms with Crippen LogP contribution in [0.3, 0.4) is 0 Å². The fourth-order valence-corrected chi connectivity index (χ4v) is 3.07. The molecule has 1 heterocycles. The number of ether oxygens (including phenoxy) is 3. The third kappa shape index (κ3) is 96.8. The summed E-state index contributed by atoms with van der Waals surface area (Å²) in [5.41, 5.74) is 0. The van der Waals surface area contributed by atoms with E-state index >= 15 is 0 Å². The van der Waals surface area contributed by atoms with Gasteiger partial charge in [0.15, 0.2) is 0 Å². The maximum absolute atomic E-state index is 11.7. The van der Waals surface area contributed by atoms with Crippen molar-refractivity contribution in [2.45, 2.75) is 57.3 Å². The van der Waals surface area contributed by atoms with E-state index in [0.717, 1.165) is 45.3 Å². The first kappa shape index (κ1) is 91.4. The summed E-state index contributed by atoms with van der Waals surface area (Å²) in [4.78, 5) is 11.7. The Balaban J connectivity index is -0.0000000304. The molecule has 2 atom stereocenters. The third-order valence-corrected chi connectivity index (χ3v) is 4.34. The predicted molar refractivity (Wildman–Crippen MR) is 109 cm³/mol. The molecular formula is C15H27F30NO4. The Morgan fingerprint density at radius 2 is 0.820 bits per heavy atom. The largest absolute Gasteiger partial charge is 0.466 e. The Bertz CT molecular complexity index is 351. The summed E-state index contributed by atoms with van der Waals surface area (Å²) < 4.78 is 256. The molecule has 35 heteroatoms. The average Bonchev–Trinajstić information content (AvgIpc) is 3.76. The number of esters is 1. The van der Waals surface area contributed by atoms with Gasteiger partial charge in [0, 0.05) is 157 Å². The Kier molecular flexibility index (Phi) is 294. The van der Waals surface area contributed by atoms with Crippen LogP contribution >= 0.6 is 0 Å². The molecule has 326 valence electrons. The van der Waals surface area contributed by atoms with Crippen LogP contribution in [0.4, 0.5) is 137 Å². The molecule has 1 N–H and O–H groups in total.